The van der Waals surface area contributed by atoms with E-state index in [9.17, 15) is 4.79 Å². The Bertz CT molecular complexity index is 607. The zero-order chi connectivity index (χ0) is 30.8. The van der Waals surface area contributed by atoms with Crippen LogP contribution in [0.15, 0.2) is 0 Å². The van der Waals surface area contributed by atoms with Gasteiger partial charge in [0, 0.05) is 0 Å². The fourth-order valence-corrected chi connectivity index (χ4v) is 2.75. The average Bonchev–Trinajstić information content (AvgIpc) is 2.94. The van der Waals surface area contributed by atoms with E-state index in [0.717, 1.165) is 0 Å². The summed E-state index contributed by atoms with van der Waals surface area (Å²) in [6.07, 6.45) is 5.07. The van der Waals surface area contributed by atoms with E-state index in [-0.39, 0.29) is 12.6 Å². The van der Waals surface area contributed by atoms with Crippen LogP contribution < -0.4 is 0 Å². The number of hydrogen-bond acceptors (Lipinski definition) is 13. The Hall–Kier alpha value is -1.41. The Kier molecular flexibility index (Phi) is 31.4. The first kappa shape index (κ1) is 40.6. The molecule has 248 valence electrons. The van der Waals surface area contributed by atoms with E-state index in [4.69, 9.17) is 63.3 Å². The molecule has 0 aliphatic heterocycles. The molecule has 13 nitrogen and oxygen atoms in total. The number of rotatable bonds is 33. The molecule has 0 saturated heterocycles. The van der Waals surface area contributed by atoms with Crippen LogP contribution in [0.1, 0.15) is 20.8 Å². The number of terminal acetylenes is 1. The van der Waals surface area contributed by atoms with Crippen LogP contribution in [0.3, 0.4) is 0 Å². The molecule has 0 unspecified atom stereocenters. The molecule has 0 N–H and O–H groups in total. The maximum atomic E-state index is 11.5. The predicted molar refractivity (Wildman–Crippen MR) is 154 cm³/mol. The average molecular weight is 611 g/mol. The zero-order valence-electron chi connectivity index (χ0n) is 25.9. The van der Waals surface area contributed by atoms with Gasteiger partial charge in [0.1, 0.15) is 18.8 Å². The summed E-state index contributed by atoms with van der Waals surface area (Å²) in [6, 6.07) is 0. The fraction of sp³-hybridized carbons (Fsp3) is 0.897. The van der Waals surface area contributed by atoms with Crippen LogP contribution in [0.2, 0.25) is 0 Å². The van der Waals surface area contributed by atoms with Crippen LogP contribution in [-0.4, -0.2) is 157 Å². The lowest BCUT2D eigenvalue weighted by molar-refractivity contribution is -0.160. The predicted octanol–water partition coefficient (Wildman–Crippen LogP) is 1.14. The summed E-state index contributed by atoms with van der Waals surface area (Å²) in [5.74, 6) is 2.01. The molecular weight excluding hydrogens is 556 g/mol. The number of esters is 1. The van der Waals surface area contributed by atoms with Crippen LogP contribution in [-0.2, 0) is 61.6 Å². The second kappa shape index (κ2) is 32.5. The Morgan fingerprint density at radius 1 is 0.452 bits per heavy atom. The summed E-state index contributed by atoms with van der Waals surface area (Å²) >= 11 is 0. The van der Waals surface area contributed by atoms with E-state index in [2.05, 4.69) is 5.92 Å². The normalized spacial score (nSPS) is 11.6. The van der Waals surface area contributed by atoms with Gasteiger partial charge in [0.15, 0.2) is 0 Å². The molecule has 0 aromatic heterocycles. The third-order valence-corrected chi connectivity index (χ3v) is 4.55. The Morgan fingerprint density at radius 3 is 0.929 bits per heavy atom. The summed E-state index contributed by atoms with van der Waals surface area (Å²) in [4.78, 5) is 11.5. The molecule has 0 aliphatic carbocycles. The van der Waals surface area contributed by atoms with E-state index in [1.165, 1.54) is 0 Å². The number of ether oxygens (including phenoxy) is 12. The van der Waals surface area contributed by atoms with Crippen molar-refractivity contribution < 1.29 is 61.6 Å². The lowest BCUT2D eigenvalue weighted by Gasteiger charge is -2.19. The van der Waals surface area contributed by atoms with Gasteiger partial charge in [0.25, 0.3) is 0 Å². The monoisotopic (exact) mass is 610 g/mol. The van der Waals surface area contributed by atoms with Gasteiger partial charge in [-0.15, -0.1) is 6.42 Å². The van der Waals surface area contributed by atoms with Gasteiger partial charge in [0.05, 0.1) is 132 Å². The van der Waals surface area contributed by atoms with Crippen LogP contribution in [0.25, 0.3) is 0 Å². The second-order valence-electron chi connectivity index (χ2n) is 9.41. The molecule has 0 radical (unpaired) electrons. The van der Waals surface area contributed by atoms with Gasteiger partial charge in [-0.1, -0.05) is 5.92 Å². The van der Waals surface area contributed by atoms with E-state index in [1.807, 2.05) is 20.8 Å². The highest BCUT2D eigenvalue weighted by atomic mass is 16.6. The quantitative estimate of drug-likeness (QED) is 0.0599. The van der Waals surface area contributed by atoms with Gasteiger partial charge < -0.3 is 56.8 Å². The fourth-order valence-electron chi connectivity index (χ4n) is 2.75. The molecule has 0 aromatic rings. The molecule has 0 aromatic carbocycles. The highest BCUT2D eigenvalue weighted by Crippen LogP contribution is 2.06. The first-order valence-electron chi connectivity index (χ1n) is 14.5. The highest BCUT2D eigenvalue weighted by molar-refractivity contribution is 5.71. The van der Waals surface area contributed by atoms with Crippen molar-refractivity contribution >= 4 is 5.97 Å². The van der Waals surface area contributed by atoms with E-state index in [0.29, 0.717) is 139 Å². The number of hydrogen-bond donors (Lipinski definition) is 0. The van der Waals surface area contributed by atoms with Crippen molar-refractivity contribution in [1.29, 1.82) is 0 Å². The lowest BCUT2D eigenvalue weighted by atomic mass is 10.2. The lowest BCUT2D eigenvalue weighted by Crippen LogP contribution is -2.27. The minimum atomic E-state index is -0.510. The summed E-state index contributed by atoms with van der Waals surface area (Å²) < 4.78 is 64.2. The molecule has 0 bridgehead atoms. The van der Waals surface area contributed by atoms with Crippen LogP contribution >= 0.6 is 0 Å². The van der Waals surface area contributed by atoms with Crippen molar-refractivity contribution in [2.24, 2.45) is 0 Å². The van der Waals surface area contributed by atoms with Gasteiger partial charge in [-0.3, -0.25) is 0 Å². The van der Waals surface area contributed by atoms with E-state index < -0.39 is 5.60 Å². The van der Waals surface area contributed by atoms with Crippen LogP contribution in [0.4, 0.5) is 0 Å². The van der Waals surface area contributed by atoms with Crippen LogP contribution in [0.5, 0.6) is 0 Å². The molecule has 0 aliphatic rings. The van der Waals surface area contributed by atoms with Crippen molar-refractivity contribution in [1.82, 2.24) is 0 Å². The SMILES string of the molecule is C#CCOCCOCCOCCOCCOCCOCCOCCOCCOCCOCCOCC(=O)OC(C)(C)C. The first-order chi connectivity index (χ1) is 20.5. The molecule has 0 spiro atoms. The molecule has 0 saturated carbocycles. The molecule has 13 heteroatoms. The van der Waals surface area contributed by atoms with E-state index in [1.54, 1.807) is 0 Å². The summed E-state index contributed by atoms with van der Waals surface area (Å²) in [6.45, 7) is 15.2. The van der Waals surface area contributed by atoms with Crippen molar-refractivity contribution in [3.05, 3.63) is 0 Å². The van der Waals surface area contributed by atoms with Crippen molar-refractivity contribution in [3.63, 3.8) is 0 Å². The summed E-state index contributed by atoms with van der Waals surface area (Å²) in [7, 11) is 0. The minimum Gasteiger partial charge on any atom is -0.458 e. The van der Waals surface area contributed by atoms with Gasteiger partial charge in [0.2, 0.25) is 0 Å². The molecule has 0 fully saturated rings. The largest absolute Gasteiger partial charge is 0.458 e. The van der Waals surface area contributed by atoms with Gasteiger partial charge in [-0.05, 0) is 20.8 Å². The topological polar surface area (TPSA) is 128 Å². The molecule has 0 heterocycles. The van der Waals surface area contributed by atoms with Crippen molar-refractivity contribution in [2.45, 2.75) is 26.4 Å². The summed E-state index contributed by atoms with van der Waals surface area (Å²) in [5.41, 5.74) is -0.510. The van der Waals surface area contributed by atoms with Crippen molar-refractivity contribution in [2.75, 3.05) is 145 Å². The minimum absolute atomic E-state index is 0.0833. The molecule has 0 atom stereocenters. The smallest absolute Gasteiger partial charge is 0.332 e. The zero-order valence-corrected chi connectivity index (χ0v) is 25.9. The Morgan fingerprint density at radius 2 is 0.690 bits per heavy atom. The molecule has 0 amide bonds. The number of carbonyl (C=O) groups is 1. The standard InChI is InChI=1S/C29H54O13/c1-5-6-31-7-8-32-9-10-33-11-12-34-13-14-35-15-16-36-17-18-37-19-20-38-21-22-39-23-24-40-25-26-41-27-28(30)42-29(2,3)4/h1H,6-27H2,2-4H3. The molecule has 0 rings (SSSR count). The van der Waals surface area contributed by atoms with Crippen LogP contribution in [0, 0.1) is 12.3 Å². The van der Waals surface area contributed by atoms with Gasteiger partial charge in [-0.2, -0.15) is 0 Å². The van der Waals surface area contributed by atoms with Gasteiger partial charge in [-0.25, -0.2) is 4.79 Å². The summed E-state index contributed by atoms with van der Waals surface area (Å²) in [5, 5.41) is 0. The molecular formula is C29H54O13. The first-order valence-corrected chi connectivity index (χ1v) is 14.5. The van der Waals surface area contributed by atoms with E-state index >= 15 is 0 Å². The third kappa shape index (κ3) is 36.6. The number of carbonyl (C=O) groups excluding carboxylic acids is 1. The third-order valence-electron chi connectivity index (χ3n) is 4.55. The second-order valence-corrected chi connectivity index (χ2v) is 9.41. The maximum absolute atomic E-state index is 11.5. The Labute approximate surface area is 251 Å². The highest BCUT2D eigenvalue weighted by Gasteiger charge is 2.15. The van der Waals surface area contributed by atoms with Gasteiger partial charge >= 0.3 is 5.97 Å². The van der Waals surface area contributed by atoms with Crippen molar-refractivity contribution in [3.8, 4) is 12.3 Å². The Balaban J connectivity index is 3.09. The maximum Gasteiger partial charge on any atom is 0.332 e. The molecule has 42 heavy (non-hydrogen) atoms.